The van der Waals surface area contributed by atoms with Gasteiger partial charge in [0.2, 0.25) is 0 Å². The summed E-state index contributed by atoms with van der Waals surface area (Å²) in [5, 5.41) is 0. The van der Waals surface area contributed by atoms with Gasteiger partial charge in [-0.2, -0.15) is 0 Å². The lowest BCUT2D eigenvalue weighted by Crippen LogP contribution is -1.99. The number of allylic oxidation sites excluding steroid dienone is 3. The van der Waals surface area contributed by atoms with E-state index in [0.29, 0.717) is 0 Å². The zero-order valence-electron chi connectivity index (χ0n) is 30.5. The number of hydrogen-bond donors (Lipinski definition) is 0. The highest BCUT2D eigenvalue weighted by atomic mass is 19.1. The van der Waals surface area contributed by atoms with Crippen LogP contribution in [-0.2, 0) is 17.6 Å². The van der Waals surface area contributed by atoms with E-state index in [4.69, 9.17) is 0 Å². The van der Waals surface area contributed by atoms with Crippen LogP contribution in [0.1, 0.15) is 151 Å². The third kappa shape index (κ3) is 23.6. The molecule has 0 bridgehead atoms. The molecule has 0 aromatic heterocycles. The fourth-order valence-corrected chi connectivity index (χ4v) is 4.27. The summed E-state index contributed by atoms with van der Waals surface area (Å²) in [6.07, 6.45) is 17.9. The normalized spacial score (nSPS) is 12.2. The summed E-state index contributed by atoms with van der Waals surface area (Å²) in [6, 6.07) is 12.0. The summed E-state index contributed by atoms with van der Waals surface area (Å²) in [5.74, 6) is 1.10. The van der Waals surface area contributed by atoms with Crippen molar-refractivity contribution in [3.63, 3.8) is 0 Å². The summed E-state index contributed by atoms with van der Waals surface area (Å²) >= 11 is 0. The van der Waals surface area contributed by atoms with E-state index in [2.05, 4.69) is 66.3 Å². The van der Waals surface area contributed by atoms with Crippen LogP contribution in [0.3, 0.4) is 0 Å². The van der Waals surface area contributed by atoms with Gasteiger partial charge in [0, 0.05) is 0 Å². The van der Waals surface area contributed by atoms with Crippen molar-refractivity contribution in [1.82, 2.24) is 0 Å². The molecule has 1 aliphatic rings. The van der Waals surface area contributed by atoms with Crippen LogP contribution in [0, 0.1) is 18.7 Å². The largest absolute Gasteiger partial charge is 0.295 e. The second-order valence-corrected chi connectivity index (χ2v) is 11.1. The lowest BCUT2D eigenvalue weighted by Gasteiger charge is -2.15. The van der Waals surface area contributed by atoms with E-state index in [-0.39, 0.29) is 11.6 Å². The summed E-state index contributed by atoms with van der Waals surface area (Å²) in [6.45, 7) is 27.6. The van der Waals surface area contributed by atoms with Crippen LogP contribution in [0.15, 0.2) is 60.7 Å². The quantitative estimate of drug-likeness (QED) is 0.229. The van der Waals surface area contributed by atoms with Crippen molar-refractivity contribution < 1.29 is 9.18 Å². The van der Waals surface area contributed by atoms with Crippen molar-refractivity contribution in [2.75, 3.05) is 0 Å². The minimum Gasteiger partial charge on any atom is -0.295 e. The van der Waals surface area contributed by atoms with Gasteiger partial charge in [0.25, 0.3) is 0 Å². The van der Waals surface area contributed by atoms with Crippen LogP contribution in [0.25, 0.3) is 11.1 Å². The van der Waals surface area contributed by atoms with Gasteiger partial charge in [0.15, 0.2) is 5.78 Å². The number of ketones is 1. The fourth-order valence-electron chi connectivity index (χ4n) is 4.27. The predicted octanol–water partition coefficient (Wildman–Crippen LogP) is 13.9. The van der Waals surface area contributed by atoms with E-state index in [1.165, 1.54) is 68.1 Å². The maximum Gasteiger partial charge on any atom is 0.155 e. The Hall–Kier alpha value is -2.48. The van der Waals surface area contributed by atoms with E-state index < -0.39 is 0 Å². The van der Waals surface area contributed by atoms with Crippen LogP contribution < -0.4 is 0 Å². The number of carbonyl (C=O) groups is 1. The monoisotopic (exact) mass is 597 g/mol. The highest BCUT2D eigenvalue weighted by Crippen LogP contribution is 2.27. The summed E-state index contributed by atoms with van der Waals surface area (Å²) in [4.78, 5) is 10.3. The standard InChI is InChI=1S/C18H21F.C7H14.C6H10O.C5H12.C3H6.C2H6/c1-4-6-16-12-15(9-10-18(16)19)17-11-14(5-2)8-7-13(17)3;1-7-5-3-2-4-6-7;1-4-5(2)6(3)7;1-3-5-4-2;1-3-2;1-2/h7-12H,4-6H2,1-3H3;7H,2-6H2,1H3;4H,1-3H3;3-5H2,1-2H3;3H,1H2,2H3;1-2H3/b;;5-4+;;;. The topological polar surface area (TPSA) is 17.1 Å². The third-order valence-electron chi connectivity index (χ3n) is 7.18. The molecular formula is C41H69FO. The summed E-state index contributed by atoms with van der Waals surface area (Å²) in [5.41, 5.74) is 6.56. The van der Waals surface area contributed by atoms with E-state index in [1.54, 1.807) is 19.1 Å². The number of benzene rings is 2. The molecule has 0 unspecified atom stereocenters. The SMILES string of the molecule is C/C=C(\C)C(C)=O.C=CC.CC.CC1CCCCC1.CCCCC.CCCc1cc(-c2cc(CC)ccc2C)ccc1F. The number of aryl methyl sites for hydroxylation is 3. The van der Waals surface area contributed by atoms with Crippen LogP contribution in [0.4, 0.5) is 4.39 Å². The smallest absolute Gasteiger partial charge is 0.155 e. The van der Waals surface area contributed by atoms with Crippen molar-refractivity contribution in [2.24, 2.45) is 5.92 Å². The van der Waals surface area contributed by atoms with Crippen LogP contribution >= 0.6 is 0 Å². The number of unbranched alkanes of at least 4 members (excludes halogenated alkanes) is 2. The van der Waals surface area contributed by atoms with E-state index in [1.807, 2.05) is 52.8 Å². The van der Waals surface area contributed by atoms with E-state index in [0.717, 1.165) is 41.9 Å². The maximum absolute atomic E-state index is 13.7. The molecule has 0 spiro atoms. The van der Waals surface area contributed by atoms with Crippen LogP contribution in [0.2, 0.25) is 0 Å². The van der Waals surface area contributed by atoms with Gasteiger partial charge in [0.1, 0.15) is 5.82 Å². The van der Waals surface area contributed by atoms with Gasteiger partial charge in [-0.25, -0.2) is 4.39 Å². The Morgan fingerprint density at radius 1 is 0.907 bits per heavy atom. The molecule has 1 nitrogen and oxygen atoms in total. The zero-order chi connectivity index (χ0) is 33.6. The third-order valence-corrected chi connectivity index (χ3v) is 7.18. The lowest BCUT2D eigenvalue weighted by molar-refractivity contribution is -0.113. The molecule has 246 valence electrons. The molecular weight excluding hydrogens is 527 g/mol. The molecule has 0 atom stereocenters. The van der Waals surface area contributed by atoms with Crippen molar-refractivity contribution in [3.05, 3.63) is 83.2 Å². The number of rotatable bonds is 7. The van der Waals surface area contributed by atoms with E-state index >= 15 is 0 Å². The molecule has 0 radical (unpaired) electrons. The molecule has 0 aliphatic heterocycles. The Bertz CT molecular complexity index is 977. The van der Waals surface area contributed by atoms with Gasteiger partial charge < -0.3 is 0 Å². The molecule has 43 heavy (non-hydrogen) atoms. The molecule has 0 heterocycles. The Morgan fingerprint density at radius 3 is 1.81 bits per heavy atom. The molecule has 2 aromatic carbocycles. The van der Waals surface area contributed by atoms with Crippen molar-refractivity contribution >= 4 is 5.78 Å². The summed E-state index contributed by atoms with van der Waals surface area (Å²) in [7, 11) is 0. The number of Topliss-reactive ketones (excluding diaryl/α,β-unsaturated/α-hetero) is 1. The Kier molecular flexibility index (Phi) is 32.4. The number of halogens is 1. The highest BCUT2D eigenvalue weighted by molar-refractivity contribution is 5.92. The molecule has 1 fully saturated rings. The van der Waals surface area contributed by atoms with Gasteiger partial charge in [-0.05, 0) is 98.9 Å². The Morgan fingerprint density at radius 2 is 1.47 bits per heavy atom. The molecule has 1 aliphatic carbocycles. The van der Waals surface area contributed by atoms with Crippen molar-refractivity contribution in [2.45, 2.75) is 154 Å². The Balaban J connectivity index is -0.000000550. The zero-order valence-corrected chi connectivity index (χ0v) is 30.5. The first kappa shape index (κ1) is 45.0. The molecule has 2 heteroatoms. The Labute approximate surface area is 268 Å². The molecule has 0 amide bonds. The predicted molar refractivity (Wildman–Crippen MR) is 195 cm³/mol. The second kappa shape index (κ2) is 31.0. The van der Waals surface area contributed by atoms with Gasteiger partial charge in [-0.1, -0.05) is 143 Å². The lowest BCUT2D eigenvalue weighted by atomic mass is 9.91. The first-order valence-electron chi connectivity index (χ1n) is 17.2. The average Bonchev–Trinajstić information content (AvgIpc) is 3.01. The minimum absolute atomic E-state index is 0.0881. The van der Waals surface area contributed by atoms with E-state index in [9.17, 15) is 9.18 Å². The molecule has 0 saturated heterocycles. The number of hydrogen-bond acceptors (Lipinski definition) is 1. The first-order valence-corrected chi connectivity index (χ1v) is 17.2. The number of carbonyl (C=O) groups excluding carboxylic acids is 1. The van der Waals surface area contributed by atoms with Crippen molar-refractivity contribution in [3.8, 4) is 11.1 Å². The van der Waals surface area contributed by atoms with Gasteiger partial charge in [0.05, 0.1) is 0 Å². The highest BCUT2D eigenvalue weighted by Gasteiger charge is 2.08. The van der Waals surface area contributed by atoms with Gasteiger partial charge in [-0.3, -0.25) is 4.79 Å². The first-order chi connectivity index (χ1) is 20.6. The second-order valence-electron chi connectivity index (χ2n) is 11.1. The average molecular weight is 597 g/mol. The molecule has 2 aromatic rings. The molecule has 0 N–H and O–H groups in total. The summed E-state index contributed by atoms with van der Waals surface area (Å²) < 4.78 is 13.7. The molecule has 1 saturated carbocycles. The maximum atomic E-state index is 13.7. The van der Waals surface area contributed by atoms with Gasteiger partial charge in [-0.15, -0.1) is 6.58 Å². The van der Waals surface area contributed by atoms with Crippen molar-refractivity contribution in [1.29, 1.82) is 0 Å². The fraction of sp³-hybridized carbons (Fsp3) is 0.585. The molecule has 3 rings (SSSR count). The van der Waals surface area contributed by atoms with Crippen LogP contribution in [0.5, 0.6) is 0 Å². The van der Waals surface area contributed by atoms with Gasteiger partial charge >= 0.3 is 0 Å². The van der Waals surface area contributed by atoms with Crippen LogP contribution in [-0.4, -0.2) is 5.78 Å². The minimum atomic E-state index is -0.0881.